The lowest BCUT2D eigenvalue weighted by Crippen LogP contribution is -2.44. The molecule has 0 aliphatic heterocycles. The third-order valence-electron chi connectivity index (χ3n) is 6.12. The lowest BCUT2D eigenvalue weighted by molar-refractivity contribution is -0.141. The Morgan fingerprint density at radius 2 is 1.66 bits per heavy atom. The largest absolute Gasteiger partial charge is 0.480 e. The molecule has 184 valence electrons. The van der Waals surface area contributed by atoms with Crippen molar-refractivity contribution < 1.29 is 24.2 Å². The second kappa shape index (κ2) is 12.6. The van der Waals surface area contributed by atoms with Crippen molar-refractivity contribution in [1.29, 1.82) is 0 Å². The smallest absolute Gasteiger partial charge is 0.407 e. The van der Waals surface area contributed by atoms with Gasteiger partial charge >= 0.3 is 12.1 Å². The zero-order chi connectivity index (χ0) is 25.2. The van der Waals surface area contributed by atoms with E-state index < -0.39 is 30.1 Å². The quantitative estimate of drug-likeness (QED) is 0.416. The molecule has 3 rings (SSSR count). The first kappa shape index (κ1) is 25.8. The van der Waals surface area contributed by atoms with Crippen LogP contribution in [0.5, 0.6) is 0 Å². The van der Waals surface area contributed by atoms with E-state index in [1.54, 1.807) is 6.92 Å². The standard InChI is InChI=1S/C28H32N2O5/c1-3-5-11-19(17-26(31)30-25(27(32)33)16-6-4-2)29-28(34)35-18-24-22-14-9-7-12-20(22)21-13-8-10-15-23(21)24/h7-10,12-15,19,24-25H,3,5,11,16-18H2,1-2H3,(H,29,34)(H,30,31)(H,32,33)/t19-,25?/m1/s1. The van der Waals surface area contributed by atoms with E-state index in [4.69, 9.17) is 4.74 Å². The van der Waals surface area contributed by atoms with Gasteiger partial charge < -0.3 is 20.5 Å². The van der Waals surface area contributed by atoms with E-state index in [0.717, 1.165) is 35.1 Å². The fraction of sp³-hybridized carbons (Fsp3) is 0.393. The number of carboxylic acids is 1. The highest BCUT2D eigenvalue weighted by Gasteiger charge is 2.29. The SMILES string of the molecule is CC#CCC(NC(=O)C[C@@H](CCCC)NC(=O)OCC1c2ccccc2-c2ccccc21)C(=O)O. The summed E-state index contributed by atoms with van der Waals surface area (Å²) in [7, 11) is 0. The van der Waals surface area contributed by atoms with Gasteiger partial charge in [-0.2, -0.15) is 0 Å². The van der Waals surface area contributed by atoms with Gasteiger partial charge in [-0.3, -0.25) is 4.79 Å². The van der Waals surface area contributed by atoms with Crippen LogP contribution in [0.15, 0.2) is 48.5 Å². The van der Waals surface area contributed by atoms with Crippen molar-refractivity contribution in [2.24, 2.45) is 0 Å². The number of carboxylic acid groups (broad SMARTS) is 1. The molecule has 2 aromatic rings. The Bertz CT molecular complexity index is 1070. The van der Waals surface area contributed by atoms with Crippen molar-refractivity contribution >= 4 is 18.0 Å². The highest BCUT2D eigenvalue weighted by Crippen LogP contribution is 2.44. The van der Waals surface area contributed by atoms with E-state index in [2.05, 4.69) is 46.7 Å². The molecule has 7 nitrogen and oxygen atoms in total. The Morgan fingerprint density at radius 3 is 2.23 bits per heavy atom. The molecular weight excluding hydrogens is 444 g/mol. The maximum Gasteiger partial charge on any atom is 0.407 e. The van der Waals surface area contributed by atoms with Gasteiger partial charge in [-0.15, -0.1) is 11.8 Å². The molecule has 1 aliphatic carbocycles. The molecule has 2 atom stereocenters. The van der Waals surface area contributed by atoms with E-state index in [1.165, 1.54) is 0 Å². The summed E-state index contributed by atoms with van der Waals surface area (Å²) in [5.74, 6) is 3.66. The van der Waals surface area contributed by atoms with Crippen molar-refractivity contribution in [3.63, 3.8) is 0 Å². The van der Waals surface area contributed by atoms with Crippen molar-refractivity contribution in [3.8, 4) is 23.0 Å². The van der Waals surface area contributed by atoms with Gasteiger partial charge in [0.2, 0.25) is 5.91 Å². The summed E-state index contributed by atoms with van der Waals surface area (Å²) >= 11 is 0. The van der Waals surface area contributed by atoms with Crippen LogP contribution in [0, 0.1) is 11.8 Å². The van der Waals surface area contributed by atoms with Crippen LogP contribution in [-0.2, 0) is 14.3 Å². The molecule has 0 fully saturated rings. The number of rotatable bonds is 11. The summed E-state index contributed by atoms with van der Waals surface area (Å²) < 4.78 is 5.61. The molecule has 2 amide bonds. The molecule has 3 N–H and O–H groups in total. The number of unbranched alkanes of at least 4 members (excludes halogenated alkanes) is 1. The maximum absolute atomic E-state index is 12.7. The zero-order valence-corrected chi connectivity index (χ0v) is 20.2. The van der Waals surface area contributed by atoms with Crippen molar-refractivity contribution in [1.82, 2.24) is 10.6 Å². The molecule has 1 unspecified atom stereocenters. The van der Waals surface area contributed by atoms with E-state index >= 15 is 0 Å². The van der Waals surface area contributed by atoms with Crippen LogP contribution in [0.4, 0.5) is 4.79 Å². The maximum atomic E-state index is 12.7. The van der Waals surface area contributed by atoms with Crippen LogP contribution < -0.4 is 10.6 Å². The Kier molecular flexibility index (Phi) is 9.31. The van der Waals surface area contributed by atoms with Crippen LogP contribution >= 0.6 is 0 Å². The number of nitrogens with one attached hydrogen (secondary N) is 2. The first-order chi connectivity index (χ1) is 16.9. The Morgan fingerprint density at radius 1 is 1.03 bits per heavy atom. The fourth-order valence-corrected chi connectivity index (χ4v) is 4.36. The molecular formula is C28H32N2O5. The molecule has 35 heavy (non-hydrogen) atoms. The average Bonchev–Trinajstić information content (AvgIpc) is 3.17. The lowest BCUT2D eigenvalue weighted by atomic mass is 9.98. The van der Waals surface area contributed by atoms with Gasteiger partial charge in [0.05, 0.1) is 0 Å². The lowest BCUT2D eigenvalue weighted by Gasteiger charge is -2.20. The summed E-state index contributed by atoms with van der Waals surface area (Å²) in [4.78, 5) is 36.6. The average molecular weight is 477 g/mol. The summed E-state index contributed by atoms with van der Waals surface area (Å²) in [6.07, 6.45) is 1.69. The monoisotopic (exact) mass is 476 g/mol. The van der Waals surface area contributed by atoms with Crippen molar-refractivity contribution in [3.05, 3.63) is 59.7 Å². The van der Waals surface area contributed by atoms with Gasteiger partial charge in [0.15, 0.2) is 0 Å². The van der Waals surface area contributed by atoms with Crippen molar-refractivity contribution in [2.75, 3.05) is 6.61 Å². The molecule has 2 aromatic carbocycles. The van der Waals surface area contributed by atoms with E-state index in [0.29, 0.717) is 6.42 Å². The number of amides is 2. The van der Waals surface area contributed by atoms with Gasteiger partial charge in [-0.25, -0.2) is 9.59 Å². The Balaban J connectivity index is 1.60. The van der Waals surface area contributed by atoms with E-state index in [1.807, 2.05) is 31.2 Å². The third kappa shape index (κ3) is 6.86. The third-order valence-corrected chi connectivity index (χ3v) is 6.12. The van der Waals surface area contributed by atoms with Crippen LogP contribution in [0.25, 0.3) is 11.1 Å². The first-order valence-electron chi connectivity index (χ1n) is 12.0. The number of hydrogen-bond acceptors (Lipinski definition) is 4. The second-order valence-corrected chi connectivity index (χ2v) is 8.60. The van der Waals surface area contributed by atoms with Gasteiger partial charge in [0.25, 0.3) is 0 Å². The highest BCUT2D eigenvalue weighted by molar-refractivity contribution is 5.84. The van der Waals surface area contributed by atoms with E-state index in [9.17, 15) is 19.5 Å². The minimum Gasteiger partial charge on any atom is -0.480 e. The molecule has 0 radical (unpaired) electrons. The van der Waals surface area contributed by atoms with Gasteiger partial charge in [0, 0.05) is 24.8 Å². The number of fused-ring (bicyclic) bond motifs is 3. The van der Waals surface area contributed by atoms with Crippen LogP contribution in [0.3, 0.4) is 0 Å². The van der Waals surface area contributed by atoms with Crippen LogP contribution in [0.1, 0.15) is 63.0 Å². The number of carbonyl (C=O) groups is 3. The number of hydrogen-bond donors (Lipinski definition) is 3. The van der Waals surface area contributed by atoms with Gasteiger partial charge in [-0.05, 0) is 35.6 Å². The molecule has 0 aromatic heterocycles. The highest BCUT2D eigenvalue weighted by atomic mass is 16.5. The number of alkyl carbamates (subject to hydrolysis) is 1. The van der Waals surface area contributed by atoms with Gasteiger partial charge in [-0.1, -0.05) is 68.3 Å². The number of ether oxygens (including phenoxy) is 1. The number of benzene rings is 2. The zero-order valence-electron chi connectivity index (χ0n) is 20.2. The van der Waals surface area contributed by atoms with Crippen molar-refractivity contribution in [2.45, 2.75) is 64.0 Å². The molecule has 1 aliphatic rings. The summed E-state index contributed by atoms with van der Waals surface area (Å²) in [5.41, 5.74) is 4.54. The fourth-order valence-electron chi connectivity index (χ4n) is 4.36. The summed E-state index contributed by atoms with van der Waals surface area (Å²) in [6, 6.07) is 14.7. The molecule has 0 heterocycles. The number of aliphatic carboxylic acids is 1. The summed E-state index contributed by atoms with van der Waals surface area (Å²) in [5, 5.41) is 14.6. The molecule has 0 saturated heterocycles. The first-order valence-corrected chi connectivity index (χ1v) is 12.0. The topological polar surface area (TPSA) is 105 Å². The Labute approximate surface area is 206 Å². The summed E-state index contributed by atoms with van der Waals surface area (Å²) in [6.45, 7) is 3.82. The second-order valence-electron chi connectivity index (χ2n) is 8.60. The molecule has 0 bridgehead atoms. The Hall–Kier alpha value is -3.79. The molecule has 0 saturated carbocycles. The van der Waals surface area contributed by atoms with Crippen LogP contribution in [0.2, 0.25) is 0 Å². The minimum atomic E-state index is -1.14. The predicted molar refractivity (Wildman–Crippen MR) is 134 cm³/mol. The van der Waals surface area contributed by atoms with Gasteiger partial charge in [0.1, 0.15) is 12.6 Å². The van der Waals surface area contributed by atoms with E-state index in [-0.39, 0.29) is 25.4 Å². The normalized spacial score (nSPS) is 13.4. The minimum absolute atomic E-state index is 0.0248. The van der Waals surface area contributed by atoms with Crippen LogP contribution in [-0.4, -0.2) is 41.8 Å². The molecule has 7 heteroatoms. The molecule has 0 spiro atoms. The predicted octanol–water partition coefficient (Wildman–Crippen LogP) is 4.46. The number of carbonyl (C=O) groups excluding carboxylic acids is 2.